The van der Waals surface area contributed by atoms with E-state index in [2.05, 4.69) is 26.9 Å². The van der Waals surface area contributed by atoms with Crippen LogP contribution >= 0.6 is 0 Å². The van der Waals surface area contributed by atoms with Gasteiger partial charge >= 0.3 is 0 Å². The number of nitrogens with zero attached hydrogens (tertiary/aromatic N) is 1. The molecule has 0 spiro atoms. The van der Waals surface area contributed by atoms with Gasteiger partial charge in [-0.2, -0.15) is 5.10 Å². The minimum absolute atomic E-state index is 0.121. The Morgan fingerprint density at radius 2 is 2.14 bits per heavy atom. The van der Waals surface area contributed by atoms with E-state index >= 15 is 0 Å². The standard InChI is InChI=1S/C16H18N4O/c21-16(18-11-12-6-8-17-9-7-12)15-10-14(19-20-15)13-4-2-1-3-5-13/h1-6,10,17H,7-9,11H2,(H,18,21)(H,19,20). The zero-order valence-electron chi connectivity index (χ0n) is 11.7. The van der Waals surface area contributed by atoms with Crippen LogP contribution in [-0.4, -0.2) is 35.7 Å². The molecular weight excluding hydrogens is 264 g/mol. The number of hydrogen-bond acceptors (Lipinski definition) is 3. The predicted octanol–water partition coefficient (Wildman–Crippen LogP) is 1.73. The van der Waals surface area contributed by atoms with Gasteiger partial charge in [-0.3, -0.25) is 9.89 Å². The topological polar surface area (TPSA) is 69.8 Å². The molecule has 1 aliphatic rings. The lowest BCUT2D eigenvalue weighted by molar-refractivity contribution is 0.0951. The number of rotatable bonds is 4. The van der Waals surface area contributed by atoms with Crippen LogP contribution in [0.1, 0.15) is 16.9 Å². The summed E-state index contributed by atoms with van der Waals surface area (Å²) in [6.45, 7) is 2.46. The van der Waals surface area contributed by atoms with E-state index in [1.165, 1.54) is 5.57 Å². The molecule has 1 aliphatic heterocycles. The van der Waals surface area contributed by atoms with E-state index in [9.17, 15) is 4.79 Å². The van der Waals surface area contributed by atoms with Gasteiger partial charge in [0.25, 0.3) is 5.91 Å². The number of H-pyrrole nitrogens is 1. The zero-order chi connectivity index (χ0) is 14.5. The molecule has 0 fully saturated rings. The molecule has 21 heavy (non-hydrogen) atoms. The second-order valence-corrected chi connectivity index (χ2v) is 5.03. The minimum atomic E-state index is -0.121. The highest BCUT2D eigenvalue weighted by Gasteiger charge is 2.11. The van der Waals surface area contributed by atoms with E-state index in [0.717, 1.165) is 30.8 Å². The maximum Gasteiger partial charge on any atom is 0.269 e. The molecule has 0 bridgehead atoms. The number of hydrogen-bond donors (Lipinski definition) is 3. The van der Waals surface area contributed by atoms with Crippen molar-refractivity contribution in [3.8, 4) is 11.3 Å². The minimum Gasteiger partial charge on any atom is -0.347 e. The van der Waals surface area contributed by atoms with Crippen LogP contribution in [-0.2, 0) is 0 Å². The van der Waals surface area contributed by atoms with Crippen molar-refractivity contribution >= 4 is 5.91 Å². The molecule has 5 nitrogen and oxygen atoms in total. The van der Waals surface area contributed by atoms with Gasteiger partial charge in [0.15, 0.2) is 0 Å². The molecule has 0 saturated heterocycles. The molecule has 5 heteroatoms. The van der Waals surface area contributed by atoms with Crippen LogP contribution in [0, 0.1) is 0 Å². The van der Waals surface area contributed by atoms with Crippen molar-refractivity contribution in [2.75, 3.05) is 19.6 Å². The summed E-state index contributed by atoms with van der Waals surface area (Å²) < 4.78 is 0. The van der Waals surface area contributed by atoms with E-state index in [1.807, 2.05) is 30.3 Å². The van der Waals surface area contributed by atoms with Crippen LogP contribution < -0.4 is 10.6 Å². The average molecular weight is 282 g/mol. The van der Waals surface area contributed by atoms with Crippen LogP contribution in [0.25, 0.3) is 11.3 Å². The highest BCUT2D eigenvalue weighted by atomic mass is 16.1. The van der Waals surface area contributed by atoms with E-state index in [0.29, 0.717) is 12.2 Å². The number of carbonyl (C=O) groups excluding carboxylic acids is 1. The Kier molecular flexibility index (Phi) is 4.12. The third-order valence-corrected chi connectivity index (χ3v) is 3.53. The molecule has 3 N–H and O–H groups in total. The highest BCUT2D eigenvalue weighted by Crippen LogP contribution is 2.16. The first-order valence-corrected chi connectivity index (χ1v) is 7.10. The number of carbonyl (C=O) groups is 1. The summed E-state index contributed by atoms with van der Waals surface area (Å²) >= 11 is 0. The maximum absolute atomic E-state index is 12.1. The Labute approximate surface area is 123 Å². The third-order valence-electron chi connectivity index (χ3n) is 3.53. The van der Waals surface area contributed by atoms with Gasteiger partial charge < -0.3 is 10.6 Å². The maximum atomic E-state index is 12.1. The van der Waals surface area contributed by atoms with Gasteiger partial charge in [-0.1, -0.05) is 42.0 Å². The van der Waals surface area contributed by atoms with Crippen LogP contribution in [0.2, 0.25) is 0 Å². The summed E-state index contributed by atoms with van der Waals surface area (Å²) in [7, 11) is 0. The van der Waals surface area contributed by atoms with E-state index < -0.39 is 0 Å². The number of aromatic nitrogens is 2. The van der Waals surface area contributed by atoms with Gasteiger partial charge in [-0.05, 0) is 19.0 Å². The fourth-order valence-corrected chi connectivity index (χ4v) is 2.31. The number of amides is 1. The van der Waals surface area contributed by atoms with Crippen molar-refractivity contribution in [2.24, 2.45) is 0 Å². The lowest BCUT2D eigenvalue weighted by Gasteiger charge is -2.14. The first-order valence-electron chi connectivity index (χ1n) is 7.10. The molecule has 0 radical (unpaired) electrons. The van der Waals surface area contributed by atoms with E-state index in [1.54, 1.807) is 6.07 Å². The van der Waals surface area contributed by atoms with Crippen LogP contribution in [0.3, 0.4) is 0 Å². The lowest BCUT2D eigenvalue weighted by Crippen LogP contribution is -2.29. The van der Waals surface area contributed by atoms with Crippen molar-refractivity contribution in [2.45, 2.75) is 6.42 Å². The van der Waals surface area contributed by atoms with E-state index in [4.69, 9.17) is 0 Å². The first-order chi connectivity index (χ1) is 10.3. The molecule has 1 amide bonds. The summed E-state index contributed by atoms with van der Waals surface area (Å²) in [5, 5.41) is 13.2. The van der Waals surface area contributed by atoms with Gasteiger partial charge in [0.1, 0.15) is 5.69 Å². The molecule has 1 aromatic carbocycles. The van der Waals surface area contributed by atoms with Crippen molar-refractivity contribution in [1.29, 1.82) is 0 Å². The Hall–Kier alpha value is -2.40. The molecule has 0 unspecified atom stereocenters. The fourth-order valence-electron chi connectivity index (χ4n) is 2.31. The number of nitrogens with one attached hydrogen (secondary N) is 3. The summed E-state index contributed by atoms with van der Waals surface area (Å²) in [6.07, 6.45) is 3.12. The monoisotopic (exact) mass is 282 g/mol. The average Bonchev–Trinajstić information content (AvgIpc) is 3.04. The molecule has 0 atom stereocenters. The van der Waals surface area contributed by atoms with Gasteiger partial charge in [-0.25, -0.2) is 0 Å². The van der Waals surface area contributed by atoms with Gasteiger partial charge in [0.2, 0.25) is 0 Å². The quantitative estimate of drug-likeness (QED) is 0.748. The normalized spacial score (nSPS) is 14.6. The van der Waals surface area contributed by atoms with Crippen molar-refractivity contribution < 1.29 is 4.79 Å². The van der Waals surface area contributed by atoms with Gasteiger partial charge in [0.05, 0.1) is 5.69 Å². The van der Waals surface area contributed by atoms with E-state index in [-0.39, 0.29) is 5.91 Å². The first kappa shape index (κ1) is 13.6. The molecule has 3 rings (SSSR count). The number of aromatic amines is 1. The van der Waals surface area contributed by atoms with Gasteiger partial charge in [0, 0.05) is 18.7 Å². The van der Waals surface area contributed by atoms with Crippen LogP contribution in [0.5, 0.6) is 0 Å². The molecule has 2 heterocycles. The lowest BCUT2D eigenvalue weighted by atomic mass is 10.1. The molecule has 2 aromatic rings. The Bertz CT molecular complexity index is 645. The molecule has 0 saturated carbocycles. The van der Waals surface area contributed by atoms with Crippen molar-refractivity contribution in [3.63, 3.8) is 0 Å². The molecule has 0 aliphatic carbocycles. The van der Waals surface area contributed by atoms with Crippen molar-refractivity contribution in [1.82, 2.24) is 20.8 Å². The Balaban J connectivity index is 1.63. The smallest absolute Gasteiger partial charge is 0.269 e. The largest absolute Gasteiger partial charge is 0.347 e. The third kappa shape index (κ3) is 3.38. The second kappa shape index (κ2) is 6.37. The second-order valence-electron chi connectivity index (χ2n) is 5.03. The zero-order valence-corrected chi connectivity index (χ0v) is 11.7. The molecule has 1 aromatic heterocycles. The Morgan fingerprint density at radius 3 is 2.90 bits per heavy atom. The molecule has 108 valence electrons. The predicted molar refractivity (Wildman–Crippen MR) is 81.9 cm³/mol. The summed E-state index contributed by atoms with van der Waals surface area (Å²) in [5.74, 6) is -0.121. The van der Waals surface area contributed by atoms with Crippen LogP contribution in [0.4, 0.5) is 0 Å². The summed E-state index contributed by atoms with van der Waals surface area (Å²) in [6, 6.07) is 11.6. The van der Waals surface area contributed by atoms with Crippen molar-refractivity contribution in [3.05, 3.63) is 53.7 Å². The molecular formula is C16H18N4O. The summed E-state index contributed by atoms with van der Waals surface area (Å²) in [4.78, 5) is 12.1. The van der Waals surface area contributed by atoms with Gasteiger partial charge in [-0.15, -0.1) is 0 Å². The highest BCUT2D eigenvalue weighted by molar-refractivity contribution is 5.93. The number of benzene rings is 1. The Morgan fingerprint density at radius 1 is 1.29 bits per heavy atom. The summed E-state index contributed by atoms with van der Waals surface area (Å²) in [5.41, 5.74) is 3.53. The van der Waals surface area contributed by atoms with Crippen LogP contribution in [0.15, 0.2) is 48.0 Å². The fraction of sp³-hybridized carbons (Fsp3) is 0.250. The SMILES string of the molecule is O=C(NCC1=CCNCC1)c1cc(-c2ccccc2)n[nH]1.